The van der Waals surface area contributed by atoms with Gasteiger partial charge in [-0.15, -0.1) is 0 Å². The predicted molar refractivity (Wildman–Crippen MR) is 72.2 cm³/mol. The van der Waals surface area contributed by atoms with Gasteiger partial charge in [-0.05, 0) is 26.3 Å². The molecule has 4 nitrogen and oxygen atoms in total. The number of benzene rings is 1. The number of nitrogens with two attached hydrogens (primary N) is 1. The first kappa shape index (κ1) is 14.5. The van der Waals surface area contributed by atoms with E-state index >= 15 is 0 Å². The van der Waals surface area contributed by atoms with Crippen LogP contribution in [0.25, 0.3) is 0 Å². The highest BCUT2D eigenvalue weighted by Crippen LogP contribution is 2.20. The molecular formula is C14H22N2O2. The number of likely N-dealkylation sites (N-methyl/N-ethyl adjacent to an activating group) is 1. The molecule has 4 heteroatoms. The van der Waals surface area contributed by atoms with Crippen LogP contribution in [0.4, 0.5) is 4.79 Å². The van der Waals surface area contributed by atoms with Crippen molar-refractivity contribution in [2.45, 2.75) is 32.4 Å². The molecule has 1 amide bonds. The lowest BCUT2D eigenvalue weighted by Gasteiger charge is -2.30. The third-order valence-electron chi connectivity index (χ3n) is 2.56. The van der Waals surface area contributed by atoms with Crippen molar-refractivity contribution in [1.82, 2.24) is 4.90 Å². The Morgan fingerprint density at radius 2 is 1.89 bits per heavy atom. The van der Waals surface area contributed by atoms with Crippen molar-refractivity contribution < 1.29 is 9.53 Å². The van der Waals surface area contributed by atoms with Gasteiger partial charge >= 0.3 is 6.09 Å². The number of carbonyl (C=O) groups is 1. The second-order valence-electron chi connectivity index (χ2n) is 5.25. The Balaban J connectivity index is 2.80. The monoisotopic (exact) mass is 250 g/mol. The minimum absolute atomic E-state index is 0.166. The zero-order valence-corrected chi connectivity index (χ0v) is 11.5. The maximum absolute atomic E-state index is 12.0. The smallest absolute Gasteiger partial charge is 0.410 e. The summed E-state index contributed by atoms with van der Waals surface area (Å²) in [6.45, 7) is 5.90. The number of ether oxygens (including phenoxy) is 1. The first-order valence-corrected chi connectivity index (χ1v) is 6.06. The summed E-state index contributed by atoms with van der Waals surface area (Å²) in [6.07, 6.45) is -0.359. The van der Waals surface area contributed by atoms with Gasteiger partial charge in [0, 0.05) is 13.6 Å². The van der Waals surface area contributed by atoms with Gasteiger partial charge in [0.2, 0.25) is 0 Å². The molecule has 1 unspecified atom stereocenters. The molecule has 1 atom stereocenters. The Morgan fingerprint density at radius 3 is 2.33 bits per heavy atom. The minimum atomic E-state index is -0.499. The fourth-order valence-electron chi connectivity index (χ4n) is 1.65. The standard InChI is InChI=1S/C14H22N2O2/c1-14(2,3)18-13(17)16(4)12(10-15)11-8-6-5-7-9-11/h5-9,12H,10,15H2,1-4H3. The summed E-state index contributed by atoms with van der Waals surface area (Å²) in [5, 5.41) is 0. The van der Waals surface area contributed by atoms with Crippen LogP contribution in [0.15, 0.2) is 30.3 Å². The molecule has 0 aromatic heterocycles. The number of amides is 1. The van der Waals surface area contributed by atoms with Crippen LogP contribution in [0, 0.1) is 0 Å². The molecule has 0 heterocycles. The molecule has 18 heavy (non-hydrogen) atoms. The molecule has 1 rings (SSSR count). The molecule has 0 bridgehead atoms. The molecule has 0 aliphatic carbocycles. The number of nitrogens with zero attached hydrogens (tertiary/aromatic N) is 1. The molecule has 0 spiro atoms. The van der Waals surface area contributed by atoms with Crippen molar-refractivity contribution in [3.63, 3.8) is 0 Å². The lowest BCUT2D eigenvalue weighted by molar-refractivity contribution is 0.0226. The van der Waals surface area contributed by atoms with Gasteiger partial charge < -0.3 is 15.4 Å². The maximum Gasteiger partial charge on any atom is 0.410 e. The summed E-state index contributed by atoms with van der Waals surface area (Å²) in [7, 11) is 1.71. The average Bonchev–Trinajstić information content (AvgIpc) is 2.29. The largest absolute Gasteiger partial charge is 0.444 e. The van der Waals surface area contributed by atoms with E-state index in [1.54, 1.807) is 11.9 Å². The summed E-state index contributed by atoms with van der Waals surface area (Å²) in [4.78, 5) is 13.5. The topological polar surface area (TPSA) is 55.6 Å². The molecule has 100 valence electrons. The quantitative estimate of drug-likeness (QED) is 0.897. The minimum Gasteiger partial charge on any atom is -0.444 e. The van der Waals surface area contributed by atoms with E-state index in [0.717, 1.165) is 5.56 Å². The Labute approximate surface area is 109 Å². The van der Waals surface area contributed by atoms with Gasteiger partial charge in [0.15, 0.2) is 0 Å². The van der Waals surface area contributed by atoms with E-state index in [-0.39, 0.29) is 12.1 Å². The molecule has 0 fully saturated rings. The molecule has 0 saturated heterocycles. The molecule has 0 saturated carbocycles. The SMILES string of the molecule is CN(C(=O)OC(C)(C)C)C(CN)c1ccccc1. The summed E-state index contributed by atoms with van der Waals surface area (Å²) >= 11 is 0. The lowest BCUT2D eigenvalue weighted by atomic mass is 10.1. The fraction of sp³-hybridized carbons (Fsp3) is 0.500. The zero-order chi connectivity index (χ0) is 13.8. The highest BCUT2D eigenvalue weighted by molar-refractivity contribution is 5.68. The van der Waals surface area contributed by atoms with Crippen LogP contribution in [0.1, 0.15) is 32.4 Å². The number of carbonyl (C=O) groups excluding carboxylic acids is 1. The Morgan fingerprint density at radius 1 is 1.33 bits per heavy atom. The summed E-state index contributed by atoms with van der Waals surface area (Å²) in [5.74, 6) is 0. The second-order valence-corrected chi connectivity index (χ2v) is 5.25. The van der Waals surface area contributed by atoms with E-state index in [9.17, 15) is 4.79 Å². The molecule has 0 aliphatic heterocycles. The van der Waals surface area contributed by atoms with Crippen molar-refractivity contribution in [2.24, 2.45) is 5.73 Å². The highest BCUT2D eigenvalue weighted by atomic mass is 16.6. The third-order valence-corrected chi connectivity index (χ3v) is 2.56. The van der Waals surface area contributed by atoms with Crippen molar-refractivity contribution in [2.75, 3.05) is 13.6 Å². The van der Waals surface area contributed by atoms with Crippen LogP contribution < -0.4 is 5.73 Å². The van der Waals surface area contributed by atoms with Gasteiger partial charge in [0.1, 0.15) is 5.60 Å². The third kappa shape index (κ3) is 4.04. The van der Waals surface area contributed by atoms with Gasteiger partial charge in [-0.3, -0.25) is 0 Å². The van der Waals surface area contributed by atoms with E-state index in [0.29, 0.717) is 6.54 Å². The summed E-state index contributed by atoms with van der Waals surface area (Å²) < 4.78 is 5.34. The van der Waals surface area contributed by atoms with E-state index in [4.69, 9.17) is 10.5 Å². The van der Waals surface area contributed by atoms with Crippen molar-refractivity contribution >= 4 is 6.09 Å². The van der Waals surface area contributed by atoms with Crippen molar-refractivity contribution in [1.29, 1.82) is 0 Å². The van der Waals surface area contributed by atoms with E-state index in [1.807, 2.05) is 51.1 Å². The highest BCUT2D eigenvalue weighted by Gasteiger charge is 2.25. The van der Waals surface area contributed by atoms with E-state index < -0.39 is 5.60 Å². The fourth-order valence-corrected chi connectivity index (χ4v) is 1.65. The van der Waals surface area contributed by atoms with Crippen LogP contribution in [0.2, 0.25) is 0 Å². The molecule has 1 aromatic carbocycles. The van der Waals surface area contributed by atoms with Crippen LogP contribution in [-0.4, -0.2) is 30.2 Å². The molecule has 2 N–H and O–H groups in total. The van der Waals surface area contributed by atoms with Crippen LogP contribution in [0.3, 0.4) is 0 Å². The zero-order valence-electron chi connectivity index (χ0n) is 11.5. The summed E-state index contributed by atoms with van der Waals surface area (Å²) in [5.41, 5.74) is 6.27. The normalized spacial score (nSPS) is 12.9. The number of hydrogen-bond donors (Lipinski definition) is 1. The second kappa shape index (κ2) is 5.87. The molecular weight excluding hydrogens is 228 g/mol. The van der Waals surface area contributed by atoms with E-state index in [2.05, 4.69) is 0 Å². The first-order chi connectivity index (χ1) is 8.35. The Kier molecular flexibility index (Phi) is 4.73. The van der Waals surface area contributed by atoms with Crippen molar-refractivity contribution in [3.05, 3.63) is 35.9 Å². The van der Waals surface area contributed by atoms with Crippen molar-refractivity contribution in [3.8, 4) is 0 Å². The van der Waals surface area contributed by atoms with Crippen LogP contribution in [-0.2, 0) is 4.74 Å². The molecule has 0 radical (unpaired) electrons. The van der Waals surface area contributed by atoms with Crippen LogP contribution >= 0.6 is 0 Å². The van der Waals surface area contributed by atoms with Gasteiger partial charge in [0.05, 0.1) is 6.04 Å². The first-order valence-electron chi connectivity index (χ1n) is 6.06. The predicted octanol–water partition coefficient (Wildman–Crippen LogP) is 2.55. The van der Waals surface area contributed by atoms with Gasteiger partial charge in [0.25, 0.3) is 0 Å². The number of hydrogen-bond acceptors (Lipinski definition) is 3. The average molecular weight is 250 g/mol. The number of rotatable bonds is 3. The molecule has 0 aliphatic rings. The maximum atomic E-state index is 12.0. The van der Waals surface area contributed by atoms with Gasteiger partial charge in [-0.2, -0.15) is 0 Å². The van der Waals surface area contributed by atoms with E-state index in [1.165, 1.54) is 0 Å². The summed E-state index contributed by atoms with van der Waals surface area (Å²) in [6, 6.07) is 9.55. The van der Waals surface area contributed by atoms with Gasteiger partial charge in [-0.25, -0.2) is 4.79 Å². The Hall–Kier alpha value is -1.55. The van der Waals surface area contributed by atoms with Crippen LogP contribution in [0.5, 0.6) is 0 Å². The van der Waals surface area contributed by atoms with Gasteiger partial charge in [-0.1, -0.05) is 30.3 Å². The Bertz CT molecular complexity index is 385. The molecule has 1 aromatic rings. The lowest BCUT2D eigenvalue weighted by Crippen LogP contribution is -2.39.